The van der Waals surface area contributed by atoms with Gasteiger partial charge in [-0.25, -0.2) is 0 Å². The number of Topliss-reactive ketones (excluding diaryl/α,β-unsaturated/α-hetero) is 1. The van der Waals surface area contributed by atoms with Gasteiger partial charge in [0.2, 0.25) is 5.91 Å². The summed E-state index contributed by atoms with van der Waals surface area (Å²) in [4.78, 5) is 34.7. The first-order chi connectivity index (χ1) is 9.23. The second-order valence-corrected chi connectivity index (χ2v) is 5.70. The van der Waals surface area contributed by atoms with Crippen molar-refractivity contribution >= 4 is 23.3 Å². The van der Waals surface area contributed by atoms with E-state index in [0.29, 0.717) is 11.3 Å². The smallest absolute Gasteiger partial charge is 0.304 e. The van der Waals surface area contributed by atoms with Crippen LogP contribution < -0.4 is 5.32 Å². The van der Waals surface area contributed by atoms with E-state index < -0.39 is 17.3 Å². The molecule has 5 nitrogen and oxygen atoms in total. The Balaban J connectivity index is 2.33. The molecule has 1 aromatic carbocycles. The summed E-state index contributed by atoms with van der Waals surface area (Å²) in [6.45, 7) is 5.18. The Morgan fingerprint density at radius 2 is 2.00 bits per heavy atom. The molecule has 1 unspecified atom stereocenters. The first-order valence-electron chi connectivity index (χ1n) is 6.45. The molecule has 1 amide bonds. The van der Waals surface area contributed by atoms with Crippen molar-refractivity contribution in [3.63, 3.8) is 0 Å². The predicted molar refractivity (Wildman–Crippen MR) is 73.8 cm³/mol. The van der Waals surface area contributed by atoms with Gasteiger partial charge in [-0.05, 0) is 37.6 Å². The first kappa shape index (κ1) is 14.2. The molecule has 0 spiro atoms. The number of hydrogen-bond acceptors (Lipinski definition) is 3. The summed E-state index contributed by atoms with van der Waals surface area (Å²) < 4.78 is 0. The van der Waals surface area contributed by atoms with E-state index >= 15 is 0 Å². The molecule has 1 aliphatic heterocycles. The van der Waals surface area contributed by atoms with Gasteiger partial charge in [-0.1, -0.05) is 6.92 Å². The standard InChI is InChI=1S/C15H17NO4/c1-8(6-12(17)18)13(19)9-4-5-11-10(7-9)15(2,3)14(20)16-11/h4-5,7-8H,6H2,1-3H3,(H,16,20)(H,17,18). The van der Waals surface area contributed by atoms with E-state index in [1.165, 1.54) is 0 Å². The topological polar surface area (TPSA) is 83.5 Å². The maximum atomic E-state index is 12.2. The van der Waals surface area contributed by atoms with Crippen molar-refractivity contribution in [2.45, 2.75) is 32.6 Å². The molecule has 0 bridgehead atoms. The highest BCUT2D eigenvalue weighted by molar-refractivity contribution is 6.07. The summed E-state index contributed by atoms with van der Waals surface area (Å²) in [5.74, 6) is -1.90. The maximum Gasteiger partial charge on any atom is 0.304 e. The lowest BCUT2D eigenvalue weighted by Gasteiger charge is -2.16. The predicted octanol–water partition coefficient (Wildman–Crippen LogP) is 2.21. The lowest BCUT2D eigenvalue weighted by atomic mass is 9.84. The van der Waals surface area contributed by atoms with Crippen molar-refractivity contribution in [2.24, 2.45) is 5.92 Å². The van der Waals surface area contributed by atoms with Crippen molar-refractivity contribution < 1.29 is 19.5 Å². The molecule has 2 N–H and O–H groups in total. The highest BCUT2D eigenvalue weighted by atomic mass is 16.4. The number of aliphatic carboxylic acids is 1. The Morgan fingerprint density at radius 1 is 1.35 bits per heavy atom. The van der Waals surface area contributed by atoms with E-state index in [4.69, 9.17) is 5.11 Å². The number of amides is 1. The molecule has 1 atom stereocenters. The third kappa shape index (κ3) is 2.31. The molecular weight excluding hydrogens is 258 g/mol. The van der Waals surface area contributed by atoms with E-state index in [0.717, 1.165) is 5.56 Å². The van der Waals surface area contributed by atoms with Crippen molar-refractivity contribution in [3.8, 4) is 0 Å². The second-order valence-electron chi connectivity index (χ2n) is 5.70. The molecule has 20 heavy (non-hydrogen) atoms. The number of hydrogen-bond donors (Lipinski definition) is 2. The molecular formula is C15H17NO4. The Bertz CT molecular complexity index is 604. The fourth-order valence-electron chi connectivity index (χ4n) is 2.36. The molecule has 0 saturated heterocycles. The quantitative estimate of drug-likeness (QED) is 0.825. The number of rotatable bonds is 4. The maximum absolute atomic E-state index is 12.2. The summed E-state index contributed by atoms with van der Waals surface area (Å²) in [7, 11) is 0. The van der Waals surface area contributed by atoms with Crippen molar-refractivity contribution in [1.82, 2.24) is 0 Å². The first-order valence-corrected chi connectivity index (χ1v) is 6.45. The Morgan fingerprint density at radius 3 is 2.60 bits per heavy atom. The zero-order valence-electron chi connectivity index (χ0n) is 11.7. The number of ketones is 1. The van der Waals surface area contributed by atoms with Gasteiger partial charge >= 0.3 is 5.97 Å². The van der Waals surface area contributed by atoms with Crippen LogP contribution in [0, 0.1) is 5.92 Å². The van der Waals surface area contributed by atoms with Gasteiger partial charge in [-0.3, -0.25) is 14.4 Å². The van der Waals surface area contributed by atoms with Crippen molar-refractivity contribution in [3.05, 3.63) is 29.3 Å². The van der Waals surface area contributed by atoms with Crippen LogP contribution in [0.4, 0.5) is 5.69 Å². The van der Waals surface area contributed by atoms with Crippen LogP contribution in [0.1, 0.15) is 43.1 Å². The average Bonchev–Trinajstić information content (AvgIpc) is 2.58. The summed E-state index contributed by atoms with van der Waals surface area (Å²) in [6, 6.07) is 5.01. The number of nitrogens with one attached hydrogen (secondary N) is 1. The number of fused-ring (bicyclic) bond motifs is 1. The van der Waals surface area contributed by atoms with Gasteiger partial charge in [0.1, 0.15) is 0 Å². The van der Waals surface area contributed by atoms with Gasteiger partial charge in [0.05, 0.1) is 11.8 Å². The minimum Gasteiger partial charge on any atom is -0.481 e. The zero-order valence-corrected chi connectivity index (χ0v) is 11.7. The van der Waals surface area contributed by atoms with Crippen LogP contribution in [0.3, 0.4) is 0 Å². The van der Waals surface area contributed by atoms with Gasteiger partial charge in [0, 0.05) is 17.2 Å². The number of benzene rings is 1. The summed E-state index contributed by atoms with van der Waals surface area (Å²) in [5, 5.41) is 11.5. The average molecular weight is 275 g/mol. The third-order valence-corrected chi connectivity index (χ3v) is 3.72. The Kier molecular flexibility index (Phi) is 3.38. The van der Waals surface area contributed by atoms with Crippen molar-refractivity contribution in [2.75, 3.05) is 5.32 Å². The van der Waals surface area contributed by atoms with Crippen LogP contribution in [0.15, 0.2) is 18.2 Å². The zero-order chi connectivity index (χ0) is 15.1. The molecule has 1 aromatic rings. The Labute approximate surface area is 117 Å². The monoisotopic (exact) mass is 275 g/mol. The van der Waals surface area contributed by atoms with Crippen LogP contribution >= 0.6 is 0 Å². The van der Waals surface area contributed by atoms with Gasteiger partial charge in [-0.15, -0.1) is 0 Å². The van der Waals surface area contributed by atoms with Crippen LogP contribution in [-0.2, 0) is 15.0 Å². The molecule has 0 fully saturated rings. The van der Waals surface area contributed by atoms with Crippen LogP contribution in [-0.4, -0.2) is 22.8 Å². The Hall–Kier alpha value is -2.17. The molecule has 2 rings (SSSR count). The molecule has 1 heterocycles. The van der Waals surface area contributed by atoms with E-state index in [9.17, 15) is 14.4 Å². The largest absolute Gasteiger partial charge is 0.481 e. The summed E-state index contributed by atoms with van der Waals surface area (Å²) >= 11 is 0. The number of carbonyl (C=O) groups is 3. The van der Waals surface area contributed by atoms with Gasteiger partial charge in [0.15, 0.2) is 5.78 Å². The van der Waals surface area contributed by atoms with Crippen LogP contribution in [0.2, 0.25) is 0 Å². The fraction of sp³-hybridized carbons (Fsp3) is 0.400. The molecule has 0 aliphatic carbocycles. The minimum absolute atomic E-state index is 0.101. The van der Waals surface area contributed by atoms with E-state index in [1.807, 2.05) is 0 Å². The number of anilines is 1. The molecule has 5 heteroatoms. The summed E-state index contributed by atoms with van der Waals surface area (Å²) in [6.07, 6.45) is -0.198. The van der Waals surface area contributed by atoms with E-state index in [1.54, 1.807) is 39.0 Å². The van der Waals surface area contributed by atoms with E-state index in [-0.39, 0.29) is 18.1 Å². The SMILES string of the molecule is CC(CC(=O)O)C(=O)c1ccc2c(c1)C(C)(C)C(=O)N2. The number of carboxylic acids is 1. The number of carboxylic acid groups (broad SMARTS) is 1. The number of carbonyl (C=O) groups excluding carboxylic acids is 2. The molecule has 1 aliphatic rings. The van der Waals surface area contributed by atoms with E-state index in [2.05, 4.69) is 5.32 Å². The third-order valence-electron chi connectivity index (χ3n) is 3.72. The summed E-state index contributed by atoms with van der Waals surface area (Å²) in [5.41, 5.74) is 1.25. The second kappa shape index (κ2) is 4.74. The lowest BCUT2D eigenvalue weighted by molar-refractivity contribution is -0.137. The van der Waals surface area contributed by atoms with Crippen LogP contribution in [0.5, 0.6) is 0 Å². The minimum atomic E-state index is -0.996. The van der Waals surface area contributed by atoms with Gasteiger partial charge in [-0.2, -0.15) is 0 Å². The fourth-order valence-corrected chi connectivity index (χ4v) is 2.36. The highest BCUT2D eigenvalue weighted by Gasteiger charge is 2.38. The van der Waals surface area contributed by atoms with Gasteiger partial charge < -0.3 is 10.4 Å². The molecule has 0 aromatic heterocycles. The normalized spacial score (nSPS) is 17.2. The van der Waals surface area contributed by atoms with Crippen LogP contribution in [0.25, 0.3) is 0 Å². The molecule has 106 valence electrons. The molecule has 0 saturated carbocycles. The van der Waals surface area contributed by atoms with Crippen molar-refractivity contribution in [1.29, 1.82) is 0 Å². The highest BCUT2D eigenvalue weighted by Crippen LogP contribution is 2.38. The lowest BCUT2D eigenvalue weighted by Crippen LogP contribution is -2.27. The molecule has 0 radical (unpaired) electrons. The van der Waals surface area contributed by atoms with Gasteiger partial charge in [0.25, 0.3) is 0 Å².